The van der Waals surface area contributed by atoms with Crippen LogP contribution in [0.5, 0.6) is 0 Å². The number of aryl methyl sites for hydroxylation is 1. The van der Waals surface area contributed by atoms with Crippen LogP contribution < -0.4 is 0 Å². The Morgan fingerprint density at radius 3 is 2.55 bits per heavy atom. The fourth-order valence-electron chi connectivity index (χ4n) is 2.96. The summed E-state index contributed by atoms with van der Waals surface area (Å²) in [5.41, 5.74) is 2.78. The predicted molar refractivity (Wildman–Crippen MR) is 84.8 cm³/mol. The van der Waals surface area contributed by atoms with Crippen LogP contribution in [0, 0.1) is 12.3 Å². The number of nitrogens with zero attached hydrogens (tertiary/aromatic N) is 1. The Labute approximate surface area is 123 Å². The highest BCUT2D eigenvalue weighted by molar-refractivity contribution is 5.23. The van der Waals surface area contributed by atoms with Crippen LogP contribution in [0.4, 0.5) is 0 Å². The van der Waals surface area contributed by atoms with E-state index in [1.165, 1.54) is 37.9 Å². The first-order valence-corrected chi connectivity index (χ1v) is 7.93. The summed E-state index contributed by atoms with van der Waals surface area (Å²) in [6.07, 6.45) is 4.39. The van der Waals surface area contributed by atoms with E-state index in [0.29, 0.717) is 5.41 Å². The van der Waals surface area contributed by atoms with Crippen molar-refractivity contribution in [1.29, 1.82) is 0 Å². The summed E-state index contributed by atoms with van der Waals surface area (Å²) in [6.45, 7) is 10.2. The third kappa shape index (κ3) is 4.60. The number of aliphatic hydroxyl groups excluding tert-OH is 1. The van der Waals surface area contributed by atoms with Gasteiger partial charge in [-0.05, 0) is 56.7 Å². The first kappa shape index (κ1) is 15.5. The Kier molecular flexibility index (Phi) is 5.22. The van der Waals surface area contributed by atoms with E-state index >= 15 is 0 Å². The zero-order valence-electron chi connectivity index (χ0n) is 13.2. The lowest BCUT2D eigenvalue weighted by atomic mass is 9.85. The highest BCUT2D eigenvalue weighted by Gasteiger charge is 2.23. The van der Waals surface area contributed by atoms with Crippen LogP contribution in [-0.2, 0) is 0 Å². The molecule has 1 aliphatic heterocycles. The number of aliphatic hydroxyl groups is 1. The predicted octanol–water partition coefficient (Wildman–Crippen LogP) is 3.93. The molecule has 1 unspecified atom stereocenters. The van der Waals surface area contributed by atoms with Crippen LogP contribution in [0.2, 0.25) is 0 Å². The van der Waals surface area contributed by atoms with E-state index in [0.717, 1.165) is 18.5 Å². The fraction of sp³-hybridized carbons (Fsp3) is 0.667. The van der Waals surface area contributed by atoms with Crippen molar-refractivity contribution in [2.24, 2.45) is 5.41 Å². The number of hydrogen-bond donors (Lipinski definition) is 1. The lowest BCUT2D eigenvalue weighted by Gasteiger charge is -2.24. The zero-order chi connectivity index (χ0) is 14.6. The molecule has 2 rings (SSSR count). The maximum Gasteiger partial charge on any atom is 0.0802 e. The summed E-state index contributed by atoms with van der Waals surface area (Å²) in [7, 11) is 0. The minimum absolute atomic E-state index is 0.327. The maximum atomic E-state index is 10.3. The van der Waals surface area contributed by atoms with E-state index in [4.69, 9.17) is 0 Å². The molecule has 1 aromatic carbocycles. The lowest BCUT2D eigenvalue weighted by molar-refractivity contribution is 0.142. The van der Waals surface area contributed by atoms with E-state index in [2.05, 4.69) is 37.8 Å². The SMILES string of the molecule is Cc1ccc(C(O)CCN2CCCC(C)(C)CC2)cc1. The summed E-state index contributed by atoms with van der Waals surface area (Å²) in [6, 6.07) is 8.25. The Morgan fingerprint density at radius 2 is 1.85 bits per heavy atom. The summed E-state index contributed by atoms with van der Waals surface area (Å²) < 4.78 is 0. The average molecular weight is 275 g/mol. The number of likely N-dealkylation sites (tertiary alicyclic amines) is 1. The van der Waals surface area contributed by atoms with Crippen LogP contribution in [0.25, 0.3) is 0 Å². The van der Waals surface area contributed by atoms with Gasteiger partial charge in [-0.25, -0.2) is 0 Å². The van der Waals surface area contributed by atoms with Crippen LogP contribution >= 0.6 is 0 Å². The molecule has 0 amide bonds. The molecular weight excluding hydrogens is 246 g/mol. The molecule has 2 nitrogen and oxygen atoms in total. The Bertz CT molecular complexity index is 410. The van der Waals surface area contributed by atoms with E-state index in [-0.39, 0.29) is 6.10 Å². The van der Waals surface area contributed by atoms with Crippen molar-refractivity contribution in [3.05, 3.63) is 35.4 Å². The van der Waals surface area contributed by atoms with Gasteiger partial charge in [-0.2, -0.15) is 0 Å². The van der Waals surface area contributed by atoms with Crippen molar-refractivity contribution in [1.82, 2.24) is 4.90 Å². The van der Waals surface area contributed by atoms with Gasteiger partial charge in [-0.1, -0.05) is 43.7 Å². The largest absolute Gasteiger partial charge is 0.388 e. The first-order valence-electron chi connectivity index (χ1n) is 7.93. The number of hydrogen-bond acceptors (Lipinski definition) is 2. The van der Waals surface area contributed by atoms with Gasteiger partial charge in [-0.3, -0.25) is 0 Å². The molecule has 112 valence electrons. The summed E-state index contributed by atoms with van der Waals surface area (Å²) in [4.78, 5) is 2.52. The van der Waals surface area contributed by atoms with E-state index in [9.17, 15) is 5.11 Å². The van der Waals surface area contributed by atoms with Crippen molar-refractivity contribution < 1.29 is 5.11 Å². The molecule has 0 spiro atoms. The molecule has 1 saturated heterocycles. The number of rotatable bonds is 4. The summed E-state index contributed by atoms with van der Waals surface area (Å²) in [5, 5.41) is 10.3. The van der Waals surface area contributed by atoms with Gasteiger partial charge in [0.25, 0.3) is 0 Å². The quantitative estimate of drug-likeness (QED) is 0.900. The van der Waals surface area contributed by atoms with Gasteiger partial charge >= 0.3 is 0 Å². The van der Waals surface area contributed by atoms with Gasteiger partial charge in [0.05, 0.1) is 6.10 Å². The Morgan fingerprint density at radius 1 is 1.15 bits per heavy atom. The topological polar surface area (TPSA) is 23.5 Å². The second-order valence-electron chi connectivity index (χ2n) is 7.07. The van der Waals surface area contributed by atoms with Gasteiger partial charge in [-0.15, -0.1) is 0 Å². The molecular formula is C18H29NO. The van der Waals surface area contributed by atoms with Crippen molar-refractivity contribution >= 4 is 0 Å². The fourth-order valence-corrected chi connectivity index (χ4v) is 2.96. The normalized spacial score (nSPS) is 21.4. The smallest absolute Gasteiger partial charge is 0.0802 e. The molecule has 2 heteroatoms. The van der Waals surface area contributed by atoms with Gasteiger partial charge < -0.3 is 10.0 Å². The van der Waals surface area contributed by atoms with Gasteiger partial charge in [0, 0.05) is 6.54 Å². The monoisotopic (exact) mass is 275 g/mol. The van der Waals surface area contributed by atoms with Crippen molar-refractivity contribution in [2.45, 2.75) is 52.6 Å². The van der Waals surface area contributed by atoms with E-state index in [1.54, 1.807) is 0 Å². The standard InChI is InChI=1S/C18H29NO/c1-15-5-7-16(8-6-15)17(20)9-13-19-12-4-10-18(2,3)11-14-19/h5-8,17,20H,4,9-14H2,1-3H3. The van der Waals surface area contributed by atoms with Crippen LogP contribution in [0.15, 0.2) is 24.3 Å². The molecule has 0 bridgehead atoms. The second-order valence-corrected chi connectivity index (χ2v) is 7.07. The van der Waals surface area contributed by atoms with Crippen molar-refractivity contribution in [3.8, 4) is 0 Å². The molecule has 0 saturated carbocycles. The first-order chi connectivity index (χ1) is 9.46. The Hall–Kier alpha value is -0.860. The third-order valence-corrected chi connectivity index (χ3v) is 4.61. The molecule has 20 heavy (non-hydrogen) atoms. The van der Waals surface area contributed by atoms with E-state index in [1.807, 2.05) is 12.1 Å². The second kappa shape index (κ2) is 6.73. The van der Waals surface area contributed by atoms with Crippen molar-refractivity contribution in [3.63, 3.8) is 0 Å². The van der Waals surface area contributed by atoms with Crippen LogP contribution in [0.3, 0.4) is 0 Å². The molecule has 1 N–H and O–H groups in total. The zero-order valence-corrected chi connectivity index (χ0v) is 13.2. The highest BCUT2D eigenvalue weighted by Crippen LogP contribution is 2.30. The summed E-state index contributed by atoms with van der Waals surface area (Å²) >= 11 is 0. The number of benzene rings is 1. The molecule has 0 radical (unpaired) electrons. The molecule has 1 aliphatic rings. The molecule has 1 fully saturated rings. The van der Waals surface area contributed by atoms with Crippen LogP contribution in [-0.4, -0.2) is 29.6 Å². The average Bonchev–Trinajstić information content (AvgIpc) is 2.58. The molecule has 1 atom stereocenters. The van der Waals surface area contributed by atoms with Gasteiger partial charge in [0.2, 0.25) is 0 Å². The van der Waals surface area contributed by atoms with Crippen molar-refractivity contribution in [2.75, 3.05) is 19.6 Å². The van der Waals surface area contributed by atoms with Crippen LogP contribution in [0.1, 0.15) is 56.8 Å². The third-order valence-electron chi connectivity index (χ3n) is 4.61. The Balaban J connectivity index is 1.81. The molecule has 1 heterocycles. The molecule has 1 aromatic rings. The highest BCUT2D eigenvalue weighted by atomic mass is 16.3. The maximum absolute atomic E-state index is 10.3. The minimum Gasteiger partial charge on any atom is -0.388 e. The minimum atomic E-state index is -0.327. The lowest BCUT2D eigenvalue weighted by Crippen LogP contribution is -2.27. The van der Waals surface area contributed by atoms with Gasteiger partial charge in [0.15, 0.2) is 0 Å². The molecule has 0 aromatic heterocycles. The van der Waals surface area contributed by atoms with Gasteiger partial charge in [0.1, 0.15) is 0 Å². The summed E-state index contributed by atoms with van der Waals surface area (Å²) in [5.74, 6) is 0. The van der Waals surface area contributed by atoms with E-state index < -0.39 is 0 Å². The molecule has 0 aliphatic carbocycles.